The average Bonchev–Trinajstić information content (AvgIpc) is 3.18. The van der Waals surface area contributed by atoms with E-state index in [1.807, 2.05) is 22.9 Å². The predicted molar refractivity (Wildman–Crippen MR) is 81.6 cm³/mol. The second-order valence-electron chi connectivity index (χ2n) is 5.30. The van der Waals surface area contributed by atoms with Crippen LogP contribution in [0.25, 0.3) is 16.8 Å². The number of hydrogen-bond acceptors (Lipinski definition) is 4. The summed E-state index contributed by atoms with van der Waals surface area (Å²) in [5, 5.41) is 7.70. The number of aromatic nitrogens is 4. The number of likely N-dealkylation sites (N-methyl/N-ethyl adjacent to an activating group) is 1. The van der Waals surface area contributed by atoms with Gasteiger partial charge in [-0.1, -0.05) is 12.1 Å². The Morgan fingerprint density at radius 2 is 1.90 bits per heavy atom. The third kappa shape index (κ3) is 2.07. The molecule has 0 N–H and O–H groups in total. The summed E-state index contributed by atoms with van der Waals surface area (Å²) in [4.78, 5) is 6.80. The Morgan fingerprint density at radius 1 is 1.05 bits per heavy atom. The van der Waals surface area contributed by atoms with E-state index < -0.39 is 0 Å². The van der Waals surface area contributed by atoms with Crippen molar-refractivity contribution in [3.63, 3.8) is 0 Å². The molecule has 3 aromatic rings. The Morgan fingerprint density at radius 3 is 2.76 bits per heavy atom. The quantitative estimate of drug-likeness (QED) is 0.721. The number of anilines is 1. The maximum absolute atomic E-state index is 4.60. The average molecular weight is 277 g/mol. The van der Waals surface area contributed by atoms with Crippen molar-refractivity contribution >= 4 is 5.82 Å². The van der Waals surface area contributed by atoms with Crippen LogP contribution < -0.4 is 4.90 Å². The van der Waals surface area contributed by atoms with Gasteiger partial charge in [0.2, 0.25) is 0 Å². The van der Waals surface area contributed by atoms with E-state index in [9.17, 15) is 0 Å². The van der Waals surface area contributed by atoms with Crippen molar-refractivity contribution in [1.82, 2.24) is 19.7 Å². The predicted octanol–water partition coefficient (Wildman–Crippen LogP) is 2.32. The van der Waals surface area contributed by atoms with Crippen molar-refractivity contribution < 1.29 is 0 Å². The molecule has 1 aromatic carbocycles. The van der Waals surface area contributed by atoms with Crippen LogP contribution in [0.5, 0.6) is 0 Å². The Bertz CT molecular complexity index is 779. The zero-order valence-corrected chi connectivity index (χ0v) is 11.8. The van der Waals surface area contributed by atoms with E-state index in [1.54, 1.807) is 12.7 Å². The summed E-state index contributed by atoms with van der Waals surface area (Å²) >= 11 is 0. The van der Waals surface area contributed by atoms with E-state index in [1.165, 1.54) is 5.56 Å². The molecule has 0 aliphatic carbocycles. The smallest absolute Gasteiger partial charge is 0.131 e. The summed E-state index contributed by atoms with van der Waals surface area (Å²) in [6, 6.07) is 10.6. The molecular weight excluding hydrogens is 262 g/mol. The lowest BCUT2D eigenvalue weighted by molar-refractivity contribution is 0.945. The molecule has 104 valence electrons. The normalized spacial score (nSPS) is 13.5. The van der Waals surface area contributed by atoms with Gasteiger partial charge in [-0.2, -0.15) is 0 Å². The standard InChI is InChI=1S/C16H15N5/c1-20-6-5-13-7-14(9-17-16(13)20)12-3-2-4-15(8-12)21-10-18-19-11-21/h2-4,7-11H,5-6H2,1H3. The van der Waals surface area contributed by atoms with Gasteiger partial charge in [0.05, 0.1) is 0 Å². The summed E-state index contributed by atoms with van der Waals surface area (Å²) < 4.78 is 1.90. The minimum absolute atomic E-state index is 1.05. The SMILES string of the molecule is CN1CCc2cc(-c3cccc(-n4cnnc4)c3)cnc21. The molecule has 0 saturated heterocycles. The number of pyridine rings is 1. The monoisotopic (exact) mass is 277 g/mol. The highest BCUT2D eigenvalue weighted by Crippen LogP contribution is 2.29. The van der Waals surface area contributed by atoms with Crippen molar-refractivity contribution in [2.45, 2.75) is 6.42 Å². The van der Waals surface area contributed by atoms with E-state index >= 15 is 0 Å². The van der Waals surface area contributed by atoms with Crippen LogP contribution in [0.3, 0.4) is 0 Å². The Balaban J connectivity index is 1.76. The second-order valence-corrected chi connectivity index (χ2v) is 5.30. The maximum Gasteiger partial charge on any atom is 0.131 e. The summed E-state index contributed by atoms with van der Waals surface area (Å²) in [6.45, 7) is 1.05. The number of benzene rings is 1. The van der Waals surface area contributed by atoms with Crippen LogP contribution >= 0.6 is 0 Å². The molecule has 21 heavy (non-hydrogen) atoms. The number of rotatable bonds is 2. The van der Waals surface area contributed by atoms with Crippen molar-refractivity contribution in [2.75, 3.05) is 18.5 Å². The summed E-state index contributed by atoms with van der Waals surface area (Å²) in [6.07, 6.45) is 6.42. The van der Waals surface area contributed by atoms with Crippen LogP contribution in [-0.2, 0) is 6.42 Å². The van der Waals surface area contributed by atoms with Gasteiger partial charge >= 0.3 is 0 Å². The highest BCUT2D eigenvalue weighted by molar-refractivity contribution is 5.69. The lowest BCUT2D eigenvalue weighted by Gasteiger charge is -2.11. The molecule has 0 fully saturated rings. The van der Waals surface area contributed by atoms with Gasteiger partial charge in [0.1, 0.15) is 18.5 Å². The fourth-order valence-electron chi connectivity index (χ4n) is 2.76. The minimum Gasteiger partial charge on any atom is -0.359 e. The molecule has 3 heterocycles. The second kappa shape index (κ2) is 4.70. The summed E-state index contributed by atoms with van der Waals surface area (Å²) in [7, 11) is 2.09. The van der Waals surface area contributed by atoms with E-state index in [0.29, 0.717) is 0 Å². The van der Waals surface area contributed by atoms with E-state index in [4.69, 9.17) is 0 Å². The molecule has 0 spiro atoms. The summed E-state index contributed by atoms with van der Waals surface area (Å²) in [5.74, 6) is 1.11. The van der Waals surface area contributed by atoms with E-state index in [-0.39, 0.29) is 0 Å². The molecule has 0 unspecified atom stereocenters. The molecule has 0 bridgehead atoms. The van der Waals surface area contributed by atoms with Gasteiger partial charge in [-0.05, 0) is 35.7 Å². The molecule has 0 atom stereocenters. The first kappa shape index (κ1) is 12.1. The van der Waals surface area contributed by atoms with Crippen LogP contribution in [0, 0.1) is 0 Å². The first-order valence-electron chi connectivity index (χ1n) is 6.97. The van der Waals surface area contributed by atoms with Crippen molar-refractivity contribution in [1.29, 1.82) is 0 Å². The Hall–Kier alpha value is -2.69. The van der Waals surface area contributed by atoms with Gasteiger partial charge in [-0.25, -0.2) is 4.98 Å². The Kier molecular flexibility index (Phi) is 2.70. The topological polar surface area (TPSA) is 46.8 Å². The zero-order chi connectivity index (χ0) is 14.2. The highest BCUT2D eigenvalue weighted by Gasteiger charge is 2.17. The van der Waals surface area contributed by atoms with Gasteiger partial charge in [-0.3, -0.25) is 4.57 Å². The van der Waals surface area contributed by atoms with Gasteiger partial charge in [0.25, 0.3) is 0 Å². The molecule has 2 aromatic heterocycles. The third-order valence-corrected chi connectivity index (χ3v) is 3.92. The largest absolute Gasteiger partial charge is 0.359 e. The number of hydrogen-bond donors (Lipinski definition) is 0. The maximum atomic E-state index is 4.60. The molecule has 5 nitrogen and oxygen atoms in total. The fraction of sp³-hybridized carbons (Fsp3) is 0.188. The van der Waals surface area contributed by atoms with Crippen LogP contribution in [0.15, 0.2) is 49.2 Å². The van der Waals surface area contributed by atoms with Crippen molar-refractivity contribution in [3.8, 4) is 16.8 Å². The van der Waals surface area contributed by atoms with Crippen molar-refractivity contribution in [2.24, 2.45) is 0 Å². The van der Waals surface area contributed by atoms with E-state index in [2.05, 4.69) is 45.3 Å². The molecule has 0 radical (unpaired) electrons. The molecular formula is C16H15N5. The molecule has 1 aliphatic rings. The molecule has 4 rings (SSSR count). The van der Waals surface area contributed by atoms with Crippen molar-refractivity contribution in [3.05, 3.63) is 54.7 Å². The van der Waals surface area contributed by atoms with Crippen LogP contribution in [0.2, 0.25) is 0 Å². The fourth-order valence-corrected chi connectivity index (χ4v) is 2.76. The van der Waals surface area contributed by atoms with Gasteiger partial charge < -0.3 is 4.90 Å². The lowest BCUT2D eigenvalue weighted by atomic mass is 10.0. The van der Waals surface area contributed by atoms with Crippen LogP contribution in [-0.4, -0.2) is 33.3 Å². The van der Waals surface area contributed by atoms with Gasteiger partial charge in [-0.15, -0.1) is 10.2 Å². The molecule has 1 aliphatic heterocycles. The molecule has 5 heteroatoms. The Labute approximate surface area is 122 Å². The van der Waals surface area contributed by atoms with E-state index in [0.717, 1.165) is 35.6 Å². The zero-order valence-electron chi connectivity index (χ0n) is 11.8. The highest BCUT2D eigenvalue weighted by atomic mass is 15.2. The van der Waals surface area contributed by atoms with Gasteiger partial charge in [0.15, 0.2) is 0 Å². The lowest BCUT2D eigenvalue weighted by Crippen LogP contribution is -2.13. The number of fused-ring (bicyclic) bond motifs is 1. The first-order valence-corrected chi connectivity index (χ1v) is 6.97. The first-order chi connectivity index (χ1) is 10.3. The molecule has 0 amide bonds. The molecule has 0 saturated carbocycles. The van der Waals surface area contributed by atoms with Gasteiger partial charge in [0, 0.05) is 31.0 Å². The van der Waals surface area contributed by atoms with Crippen LogP contribution in [0.1, 0.15) is 5.56 Å². The third-order valence-electron chi connectivity index (χ3n) is 3.92. The number of nitrogens with zero attached hydrogens (tertiary/aromatic N) is 5. The summed E-state index contributed by atoms with van der Waals surface area (Å²) in [5.41, 5.74) is 4.69. The minimum atomic E-state index is 1.05. The van der Waals surface area contributed by atoms with Crippen LogP contribution in [0.4, 0.5) is 5.82 Å².